The topological polar surface area (TPSA) is 86.7 Å². The average molecular weight is 392 g/mol. The van der Waals surface area contributed by atoms with Crippen LogP contribution in [0.2, 0.25) is 0 Å². The lowest BCUT2D eigenvalue weighted by atomic mass is 10.1. The molecule has 0 unspecified atom stereocenters. The summed E-state index contributed by atoms with van der Waals surface area (Å²) < 4.78 is 40.6. The highest BCUT2D eigenvalue weighted by atomic mass is 32.2. The van der Waals surface area contributed by atoms with E-state index in [1.165, 1.54) is 31.2 Å². The van der Waals surface area contributed by atoms with E-state index < -0.39 is 15.8 Å². The van der Waals surface area contributed by atoms with Crippen molar-refractivity contribution >= 4 is 21.6 Å². The number of amides is 1. The minimum absolute atomic E-state index is 0.0339. The third-order valence-corrected chi connectivity index (χ3v) is 5.95. The number of aliphatic hydroxyl groups is 1. The summed E-state index contributed by atoms with van der Waals surface area (Å²) in [6, 6.07) is 9.72. The molecule has 2 aromatic rings. The van der Waals surface area contributed by atoms with E-state index in [4.69, 9.17) is 0 Å². The Balaban J connectivity index is 1.71. The highest BCUT2D eigenvalue weighted by Gasteiger charge is 2.22. The third kappa shape index (κ3) is 4.45. The number of sulfonamides is 1. The Morgan fingerprint density at radius 2 is 1.78 bits per heavy atom. The van der Waals surface area contributed by atoms with Crippen LogP contribution in [0.5, 0.6) is 0 Å². The van der Waals surface area contributed by atoms with Crippen LogP contribution in [0.15, 0.2) is 47.4 Å². The number of carbonyl (C=O) groups is 1. The van der Waals surface area contributed by atoms with Crippen LogP contribution >= 0.6 is 0 Å². The zero-order valence-corrected chi connectivity index (χ0v) is 15.7. The molecule has 1 fully saturated rings. The van der Waals surface area contributed by atoms with Gasteiger partial charge in [-0.15, -0.1) is 0 Å². The maximum Gasteiger partial charge on any atom is 0.261 e. The summed E-state index contributed by atoms with van der Waals surface area (Å²) in [4.78, 5) is 14.1. The second-order valence-corrected chi connectivity index (χ2v) is 8.30. The van der Waals surface area contributed by atoms with Crippen LogP contribution in [0, 0.1) is 12.7 Å². The number of hydrogen-bond acceptors (Lipinski definition) is 4. The summed E-state index contributed by atoms with van der Waals surface area (Å²) in [6.45, 7) is 2.49. The van der Waals surface area contributed by atoms with Crippen molar-refractivity contribution in [1.29, 1.82) is 0 Å². The second-order valence-electron chi connectivity index (χ2n) is 6.62. The first kappa shape index (κ1) is 19.3. The van der Waals surface area contributed by atoms with Gasteiger partial charge >= 0.3 is 0 Å². The Bertz CT molecular complexity index is 937. The molecule has 144 valence electrons. The van der Waals surface area contributed by atoms with E-state index in [2.05, 4.69) is 4.72 Å². The van der Waals surface area contributed by atoms with Crippen molar-refractivity contribution in [2.75, 3.05) is 17.8 Å². The molecule has 0 spiro atoms. The van der Waals surface area contributed by atoms with Crippen LogP contribution in [-0.2, 0) is 10.0 Å². The van der Waals surface area contributed by atoms with Crippen molar-refractivity contribution in [2.24, 2.45) is 0 Å². The third-order valence-electron chi connectivity index (χ3n) is 4.58. The number of piperidine rings is 1. The molecule has 1 aliphatic rings. The molecular weight excluding hydrogens is 371 g/mol. The molecule has 0 radical (unpaired) electrons. The first-order chi connectivity index (χ1) is 12.8. The lowest BCUT2D eigenvalue weighted by Crippen LogP contribution is -2.40. The summed E-state index contributed by atoms with van der Waals surface area (Å²) in [5, 5.41) is 9.53. The molecule has 1 heterocycles. The van der Waals surface area contributed by atoms with Gasteiger partial charge in [-0.2, -0.15) is 0 Å². The van der Waals surface area contributed by atoms with E-state index in [-0.39, 0.29) is 22.5 Å². The number of hydrogen-bond donors (Lipinski definition) is 2. The molecule has 1 saturated heterocycles. The Morgan fingerprint density at radius 3 is 2.37 bits per heavy atom. The van der Waals surface area contributed by atoms with Gasteiger partial charge in [-0.3, -0.25) is 9.52 Å². The van der Waals surface area contributed by atoms with E-state index in [1.54, 1.807) is 17.0 Å². The molecule has 0 saturated carbocycles. The minimum atomic E-state index is -3.85. The van der Waals surface area contributed by atoms with Crippen LogP contribution < -0.4 is 4.72 Å². The van der Waals surface area contributed by atoms with Crippen molar-refractivity contribution in [3.8, 4) is 0 Å². The van der Waals surface area contributed by atoms with Crippen LogP contribution in [0.1, 0.15) is 28.8 Å². The maximum absolute atomic E-state index is 13.3. The van der Waals surface area contributed by atoms with Gasteiger partial charge in [0.25, 0.3) is 15.9 Å². The molecule has 8 heteroatoms. The van der Waals surface area contributed by atoms with Crippen molar-refractivity contribution < 1.29 is 22.7 Å². The number of benzene rings is 2. The summed E-state index contributed by atoms with van der Waals surface area (Å²) >= 11 is 0. The molecule has 27 heavy (non-hydrogen) atoms. The predicted octanol–water partition coefficient (Wildman–Crippen LogP) is 2.53. The molecule has 6 nitrogen and oxygen atoms in total. The number of nitrogens with one attached hydrogen (secondary N) is 1. The lowest BCUT2D eigenvalue weighted by Gasteiger charge is -2.29. The van der Waals surface area contributed by atoms with Crippen molar-refractivity contribution in [1.82, 2.24) is 4.90 Å². The predicted molar refractivity (Wildman–Crippen MR) is 99.5 cm³/mol. The normalized spacial score (nSPS) is 15.6. The van der Waals surface area contributed by atoms with Crippen LogP contribution in [0.25, 0.3) is 0 Å². The number of nitrogens with zero attached hydrogens (tertiary/aromatic N) is 1. The molecule has 0 atom stereocenters. The molecule has 1 amide bonds. The summed E-state index contributed by atoms with van der Waals surface area (Å²) in [7, 11) is -3.85. The van der Waals surface area contributed by atoms with Gasteiger partial charge in [-0.1, -0.05) is 0 Å². The largest absolute Gasteiger partial charge is 0.393 e. The summed E-state index contributed by atoms with van der Waals surface area (Å²) in [5.74, 6) is -0.618. The first-order valence-corrected chi connectivity index (χ1v) is 10.1. The number of halogens is 1. The first-order valence-electron chi connectivity index (χ1n) is 8.62. The molecular formula is C19H21FN2O4S. The number of rotatable bonds is 4. The van der Waals surface area contributed by atoms with E-state index >= 15 is 0 Å². The number of likely N-dealkylation sites (tertiary alicyclic amines) is 1. The minimum Gasteiger partial charge on any atom is -0.393 e. The monoisotopic (exact) mass is 392 g/mol. The van der Waals surface area contributed by atoms with E-state index in [0.717, 1.165) is 6.07 Å². The fourth-order valence-corrected chi connectivity index (χ4v) is 4.07. The van der Waals surface area contributed by atoms with Gasteiger partial charge in [0.15, 0.2) is 0 Å². The van der Waals surface area contributed by atoms with Crippen LogP contribution in [0.4, 0.5) is 10.1 Å². The molecule has 1 aliphatic heterocycles. The molecule has 0 aromatic heterocycles. The van der Waals surface area contributed by atoms with Gasteiger partial charge < -0.3 is 10.0 Å². The summed E-state index contributed by atoms with van der Waals surface area (Å²) in [6.07, 6.45) is 0.752. The van der Waals surface area contributed by atoms with Crippen molar-refractivity contribution in [3.63, 3.8) is 0 Å². The van der Waals surface area contributed by atoms with Gasteiger partial charge in [0.1, 0.15) is 5.82 Å². The smallest absolute Gasteiger partial charge is 0.261 e. The fourth-order valence-electron chi connectivity index (χ4n) is 2.93. The number of anilines is 1. The van der Waals surface area contributed by atoms with E-state index in [1.807, 2.05) is 0 Å². The van der Waals surface area contributed by atoms with E-state index in [0.29, 0.717) is 37.2 Å². The maximum atomic E-state index is 13.3. The van der Waals surface area contributed by atoms with Crippen LogP contribution in [0.3, 0.4) is 0 Å². The Labute approximate surface area is 157 Å². The molecule has 3 rings (SSSR count). The number of aryl methyl sites for hydroxylation is 1. The molecule has 0 bridgehead atoms. The molecule has 0 aliphatic carbocycles. The van der Waals surface area contributed by atoms with Crippen LogP contribution in [-0.4, -0.2) is 43.5 Å². The highest BCUT2D eigenvalue weighted by molar-refractivity contribution is 7.92. The summed E-state index contributed by atoms with van der Waals surface area (Å²) in [5.41, 5.74) is 1.00. The average Bonchev–Trinajstić information content (AvgIpc) is 2.64. The second kappa shape index (κ2) is 7.66. The fraction of sp³-hybridized carbons (Fsp3) is 0.316. The van der Waals surface area contributed by atoms with Gasteiger partial charge in [-0.25, -0.2) is 12.8 Å². The number of carbonyl (C=O) groups excluding carboxylic acids is 1. The zero-order valence-electron chi connectivity index (χ0n) is 14.9. The van der Waals surface area contributed by atoms with Gasteiger partial charge in [0, 0.05) is 24.3 Å². The Morgan fingerprint density at radius 1 is 1.15 bits per heavy atom. The standard InChI is InChI=1S/C19H21FN2O4S/c1-13-12-17(6-7-18(13)20)27(25,26)21-15-4-2-14(3-5-15)19(24)22-10-8-16(23)9-11-22/h2-7,12,16,21,23H,8-11H2,1H3. The van der Waals surface area contributed by atoms with Gasteiger partial charge in [-0.05, 0) is 67.8 Å². The van der Waals surface area contributed by atoms with E-state index in [9.17, 15) is 22.7 Å². The highest BCUT2D eigenvalue weighted by Crippen LogP contribution is 2.20. The van der Waals surface area contributed by atoms with Crippen molar-refractivity contribution in [2.45, 2.75) is 30.8 Å². The van der Waals surface area contributed by atoms with Gasteiger partial charge in [0.05, 0.1) is 11.0 Å². The lowest BCUT2D eigenvalue weighted by molar-refractivity contribution is 0.0546. The molecule has 2 aromatic carbocycles. The SMILES string of the molecule is Cc1cc(S(=O)(=O)Nc2ccc(C(=O)N3CCC(O)CC3)cc2)ccc1F. The quantitative estimate of drug-likeness (QED) is 0.837. The van der Waals surface area contributed by atoms with Crippen molar-refractivity contribution in [3.05, 3.63) is 59.4 Å². The number of aliphatic hydroxyl groups excluding tert-OH is 1. The van der Waals surface area contributed by atoms with Gasteiger partial charge in [0.2, 0.25) is 0 Å². The Kier molecular flexibility index (Phi) is 5.48. The Hall–Kier alpha value is -2.45. The zero-order chi connectivity index (χ0) is 19.6. The molecule has 2 N–H and O–H groups in total.